The Balaban J connectivity index is 1.73. The maximum Gasteiger partial charge on any atom is 0.323 e. The van der Waals surface area contributed by atoms with Crippen molar-refractivity contribution < 1.29 is 24.0 Å². The molecule has 1 fully saturated rings. The number of hydrogen-bond donors (Lipinski definition) is 1. The lowest BCUT2D eigenvalue weighted by Crippen LogP contribution is -2.45. The summed E-state index contributed by atoms with van der Waals surface area (Å²) in [5, 5.41) is 10.5. The van der Waals surface area contributed by atoms with Crippen LogP contribution in [0.1, 0.15) is 18.4 Å². The molecule has 5 nitrogen and oxygen atoms in total. The molecule has 0 radical (unpaired) electrons. The molecule has 6 heteroatoms. The summed E-state index contributed by atoms with van der Waals surface area (Å²) in [6.07, 6.45) is 0.456. The van der Waals surface area contributed by atoms with Crippen LogP contribution < -0.4 is 5.30 Å². The molecule has 0 saturated carbocycles. The predicted molar refractivity (Wildman–Crippen MR) is 99.0 cm³/mol. The Labute approximate surface area is 152 Å². The second kappa shape index (κ2) is 7.46. The van der Waals surface area contributed by atoms with E-state index in [1.165, 1.54) is 0 Å². The third kappa shape index (κ3) is 3.58. The van der Waals surface area contributed by atoms with E-state index in [2.05, 4.69) is 0 Å². The molecule has 1 saturated heterocycles. The maximum atomic E-state index is 13.2. The van der Waals surface area contributed by atoms with Gasteiger partial charge in [0.25, 0.3) is 0 Å². The van der Waals surface area contributed by atoms with Crippen LogP contribution in [0.3, 0.4) is 0 Å². The van der Waals surface area contributed by atoms with Crippen LogP contribution in [0.2, 0.25) is 0 Å². The van der Waals surface area contributed by atoms with Gasteiger partial charge in [-0.15, -0.1) is 0 Å². The van der Waals surface area contributed by atoms with Crippen LogP contribution in [0.15, 0.2) is 60.7 Å². The SMILES string of the molecule is O=C(O)C1(C(=O)OCc2ccccc2)CCP(=O)(c2ccccc2)CC1. The van der Waals surface area contributed by atoms with Crippen molar-refractivity contribution in [1.29, 1.82) is 0 Å². The zero-order valence-corrected chi connectivity index (χ0v) is 15.2. The van der Waals surface area contributed by atoms with Crippen LogP contribution in [0.25, 0.3) is 0 Å². The zero-order chi connectivity index (χ0) is 18.6. The first kappa shape index (κ1) is 18.4. The van der Waals surface area contributed by atoms with Crippen LogP contribution in [0, 0.1) is 5.41 Å². The Hall–Kier alpha value is -2.39. The van der Waals surface area contributed by atoms with Crippen molar-refractivity contribution in [2.75, 3.05) is 12.3 Å². The molecule has 2 aromatic carbocycles. The Kier molecular flexibility index (Phi) is 5.28. The number of ether oxygens (including phenoxy) is 1. The fourth-order valence-corrected chi connectivity index (χ4v) is 6.25. The molecule has 0 atom stereocenters. The van der Waals surface area contributed by atoms with Crippen molar-refractivity contribution in [3.8, 4) is 0 Å². The molecule has 0 amide bonds. The zero-order valence-electron chi connectivity index (χ0n) is 14.3. The van der Waals surface area contributed by atoms with Gasteiger partial charge in [0, 0.05) is 17.6 Å². The van der Waals surface area contributed by atoms with Crippen LogP contribution in [0.5, 0.6) is 0 Å². The normalized spacial score (nSPS) is 25.4. The van der Waals surface area contributed by atoms with Crippen LogP contribution in [0.4, 0.5) is 0 Å². The summed E-state index contributed by atoms with van der Waals surface area (Å²) in [7, 11) is -2.67. The van der Waals surface area contributed by atoms with E-state index >= 15 is 0 Å². The van der Waals surface area contributed by atoms with Crippen molar-refractivity contribution >= 4 is 24.4 Å². The molecule has 1 aliphatic heterocycles. The van der Waals surface area contributed by atoms with Gasteiger partial charge in [-0.1, -0.05) is 60.7 Å². The number of benzene rings is 2. The van der Waals surface area contributed by atoms with Crippen molar-refractivity contribution in [3.05, 3.63) is 66.2 Å². The highest BCUT2D eigenvalue weighted by molar-refractivity contribution is 7.71. The third-order valence-corrected chi connectivity index (χ3v) is 8.17. The Morgan fingerprint density at radius 2 is 1.50 bits per heavy atom. The molecule has 1 N–H and O–H groups in total. The standard InChI is InChI=1S/C20H21O5P/c21-18(22)20(19(23)25-15-16-7-3-1-4-8-16)11-13-26(24,14-12-20)17-9-5-2-6-10-17/h1-10H,11-15H2,(H,21,22). The quantitative estimate of drug-likeness (QED) is 0.495. The molecule has 0 spiro atoms. The average Bonchev–Trinajstić information content (AvgIpc) is 2.68. The molecule has 26 heavy (non-hydrogen) atoms. The van der Waals surface area contributed by atoms with Crippen molar-refractivity contribution in [2.45, 2.75) is 19.4 Å². The van der Waals surface area contributed by atoms with Gasteiger partial charge in [0.05, 0.1) is 0 Å². The molecule has 1 heterocycles. The molecular weight excluding hydrogens is 351 g/mol. The predicted octanol–water partition coefficient (Wildman–Crippen LogP) is 3.28. The van der Waals surface area contributed by atoms with Gasteiger partial charge < -0.3 is 14.4 Å². The minimum absolute atomic E-state index is 0.0299. The van der Waals surface area contributed by atoms with E-state index in [1.54, 1.807) is 0 Å². The van der Waals surface area contributed by atoms with E-state index in [-0.39, 0.29) is 31.8 Å². The number of esters is 1. The second-order valence-electron chi connectivity index (χ2n) is 6.62. The van der Waals surface area contributed by atoms with Gasteiger partial charge in [-0.3, -0.25) is 9.59 Å². The van der Waals surface area contributed by atoms with Gasteiger partial charge in [0.2, 0.25) is 0 Å². The van der Waals surface area contributed by atoms with Crippen LogP contribution >= 0.6 is 7.14 Å². The Morgan fingerprint density at radius 3 is 2.04 bits per heavy atom. The molecule has 0 aromatic heterocycles. The van der Waals surface area contributed by atoms with E-state index in [9.17, 15) is 19.3 Å². The molecule has 1 aliphatic rings. The summed E-state index contributed by atoms with van der Waals surface area (Å²) in [6.45, 7) is 0.0328. The number of carbonyl (C=O) groups excluding carboxylic acids is 1. The van der Waals surface area contributed by atoms with E-state index in [4.69, 9.17) is 4.74 Å². The topological polar surface area (TPSA) is 80.7 Å². The maximum absolute atomic E-state index is 13.2. The largest absolute Gasteiger partial charge is 0.480 e. The first-order chi connectivity index (χ1) is 12.5. The van der Waals surface area contributed by atoms with Crippen molar-refractivity contribution in [1.82, 2.24) is 0 Å². The number of carbonyl (C=O) groups is 2. The second-order valence-corrected chi connectivity index (χ2v) is 9.81. The van der Waals surface area contributed by atoms with E-state index in [0.717, 1.165) is 10.9 Å². The van der Waals surface area contributed by atoms with Gasteiger partial charge in [-0.05, 0) is 18.4 Å². The molecule has 0 unspecified atom stereocenters. The van der Waals surface area contributed by atoms with E-state index < -0.39 is 24.5 Å². The first-order valence-corrected chi connectivity index (χ1v) is 10.6. The Morgan fingerprint density at radius 1 is 0.962 bits per heavy atom. The smallest absolute Gasteiger partial charge is 0.323 e. The van der Waals surface area contributed by atoms with Crippen molar-refractivity contribution in [2.24, 2.45) is 5.41 Å². The Bertz CT molecular complexity index is 820. The molecule has 0 aliphatic carbocycles. The number of carboxylic acids is 1. The summed E-state index contributed by atoms with van der Waals surface area (Å²) < 4.78 is 18.5. The van der Waals surface area contributed by atoms with Crippen LogP contribution in [-0.4, -0.2) is 29.4 Å². The number of aliphatic carboxylic acids is 1. The fraction of sp³-hybridized carbons (Fsp3) is 0.300. The molecule has 2 aromatic rings. The summed E-state index contributed by atoms with van der Waals surface area (Å²) in [5.74, 6) is -1.94. The highest BCUT2D eigenvalue weighted by Crippen LogP contribution is 2.54. The summed E-state index contributed by atoms with van der Waals surface area (Å²) in [6, 6.07) is 18.2. The minimum Gasteiger partial charge on any atom is -0.480 e. The van der Waals surface area contributed by atoms with E-state index in [0.29, 0.717) is 0 Å². The lowest BCUT2D eigenvalue weighted by Gasteiger charge is -2.35. The van der Waals surface area contributed by atoms with Crippen LogP contribution in [-0.2, 0) is 25.5 Å². The first-order valence-electron chi connectivity index (χ1n) is 8.55. The number of carboxylic acid groups (broad SMARTS) is 1. The molecule has 136 valence electrons. The van der Waals surface area contributed by atoms with Gasteiger partial charge in [0.15, 0.2) is 5.41 Å². The van der Waals surface area contributed by atoms with Gasteiger partial charge >= 0.3 is 11.9 Å². The lowest BCUT2D eigenvalue weighted by molar-refractivity contribution is -0.170. The number of rotatable bonds is 5. The third-order valence-electron chi connectivity index (χ3n) is 5.04. The van der Waals surface area contributed by atoms with Gasteiger partial charge in [-0.2, -0.15) is 0 Å². The lowest BCUT2D eigenvalue weighted by atomic mass is 9.82. The summed E-state index contributed by atoms with van der Waals surface area (Å²) >= 11 is 0. The number of hydrogen-bond acceptors (Lipinski definition) is 4. The highest BCUT2D eigenvalue weighted by atomic mass is 31.2. The average molecular weight is 372 g/mol. The molecule has 0 bridgehead atoms. The van der Waals surface area contributed by atoms with Gasteiger partial charge in [-0.25, -0.2) is 0 Å². The molecule has 3 rings (SSSR count). The minimum atomic E-state index is -2.67. The molecular formula is C20H21O5P. The highest BCUT2D eigenvalue weighted by Gasteiger charge is 2.52. The fourth-order valence-electron chi connectivity index (χ4n) is 3.30. The van der Waals surface area contributed by atoms with Crippen molar-refractivity contribution in [3.63, 3.8) is 0 Å². The van der Waals surface area contributed by atoms with E-state index in [1.807, 2.05) is 60.7 Å². The van der Waals surface area contributed by atoms with Gasteiger partial charge in [0.1, 0.15) is 13.7 Å². The monoisotopic (exact) mass is 372 g/mol. The summed E-state index contributed by atoms with van der Waals surface area (Å²) in [4.78, 5) is 24.5. The summed E-state index contributed by atoms with van der Waals surface area (Å²) in [5.41, 5.74) is -0.815.